The first-order chi connectivity index (χ1) is 8.66. The lowest BCUT2D eigenvalue weighted by Gasteiger charge is -2.21. The van der Waals surface area contributed by atoms with Gasteiger partial charge in [0.1, 0.15) is 5.82 Å². The standard InChI is InChI=1S/C13H15FO3S/c14-12-2-1-10(18)7-11(12)13(15)17-8-9-3-5-16-6-4-9/h1-2,7,9,18H,3-6,8H2. The summed E-state index contributed by atoms with van der Waals surface area (Å²) in [4.78, 5) is 12.3. The van der Waals surface area contributed by atoms with Gasteiger partial charge in [0.15, 0.2) is 0 Å². The summed E-state index contributed by atoms with van der Waals surface area (Å²) >= 11 is 4.07. The van der Waals surface area contributed by atoms with E-state index in [1.807, 2.05) is 0 Å². The molecule has 0 aliphatic carbocycles. The van der Waals surface area contributed by atoms with Gasteiger partial charge in [-0.2, -0.15) is 0 Å². The molecule has 1 aliphatic rings. The van der Waals surface area contributed by atoms with Crippen LogP contribution in [0.3, 0.4) is 0 Å². The lowest BCUT2D eigenvalue weighted by Crippen LogP contribution is -2.22. The Hall–Kier alpha value is -1.07. The summed E-state index contributed by atoms with van der Waals surface area (Å²) in [6.07, 6.45) is 1.75. The maximum atomic E-state index is 13.4. The Kier molecular flexibility index (Phi) is 4.60. The van der Waals surface area contributed by atoms with Crippen LogP contribution < -0.4 is 0 Å². The van der Waals surface area contributed by atoms with E-state index in [4.69, 9.17) is 9.47 Å². The lowest BCUT2D eigenvalue weighted by atomic mass is 10.0. The number of carbonyl (C=O) groups excluding carboxylic acids is 1. The highest BCUT2D eigenvalue weighted by molar-refractivity contribution is 7.80. The quantitative estimate of drug-likeness (QED) is 0.677. The van der Waals surface area contributed by atoms with Gasteiger partial charge < -0.3 is 9.47 Å². The molecule has 1 aliphatic heterocycles. The van der Waals surface area contributed by atoms with Crippen LogP contribution in [0.1, 0.15) is 23.2 Å². The first-order valence-electron chi connectivity index (χ1n) is 5.90. The molecule has 2 rings (SSSR count). The molecular formula is C13H15FO3S. The fourth-order valence-corrected chi connectivity index (χ4v) is 2.06. The van der Waals surface area contributed by atoms with Gasteiger partial charge in [0.2, 0.25) is 0 Å². The highest BCUT2D eigenvalue weighted by Gasteiger charge is 2.18. The van der Waals surface area contributed by atoms with Crippen molar-refractivity contribution < 1.29 is 18.7 Å². The third-order valence-corrected chi connectivity index (χ3v) is 3.24. The van der Waals surface area contributed by atoms with Crippen LogP contribution >= 0.6 is 12.6 Å². The third-order valence-electron chi connectivity index (χ3n) is 2.96. The molecule has 0 radical (unpaired) electrons. The van der Waals surface area contributed by atoms with E-state index in [-0.39, 0.29) is 5.56 Å². The van der Waals surface area contributed by atoms with Gasteiger partial charge in [-0.15, -0.1) is 12.6 Å². The fourth-order valence-electron chi connectivity index (χ4n) is 1.85. The Labute approximate surface area is 111 Å². The summed E-state index contributed by atoms with van der Waals surface area (Å²) in [5, 5.41) is 0. The van der Waals surface area contributed by atoms with Crippen LogP contribution in [-0.2, 0) is 9.47 Å². The Bertz CT molecular complexity index is 430. The summed E-state index contributed by atoms with van der Waals surface area (Å²) in [7, 11) is 0. The molecule has 1 fully saturated rings. The maximum Gasteiger partial charge on any atom is 0.341 e. The Morgan fingerprint density at radius 3 is 2.89 bits per heavy atom. The minimum Gasteiger partial charge on any atom is -0.462 e. The maximum absolute atomic E-state index is 13.4. The van der Waals surface area contributed by atoms with Crippen LogP contribution in [0.5, 0.6) is 0 Å². The van der Waals surface area contributed by atoms with Crippen LogP contribution in [0, 0.1) is 11.7 Å². The molecule has 0 bridgehead atoms. The van der Waals surface area contributed by atoms with E-state index in [1.54, 1.807) is 0 Å². The van der Waals surface area contributed by atoms with Crippen molar-refractivity contribution in [3.63, 3.8) is 0 Å². The number of rotatable bonds is 3. The van der Waals surface area contributed by atoms with Crippen molar-refractivity contribution in [2.45, 2.75) is 17.7 Å². The number of carbonyl (C=O) groups is 1. The van der Waals surface area contributed by atoms with Gasteiger partial charge in [-0.3, -0.25) is 0 Å². The van der Waals surface area contributed by atoms with Gasteiger partial charge in [-0.05, 0) is 37.0 Å². The highest BCUT2D eigenvalue weighted by atomic mass is 32.1. The van der Waals surface area contributed by atoms with Crippen LogP contribution in [0.4, 0.5) is 4.39 Å². The summed E-state index contributed by atoms with van der Waals surface area (Å²) in [5.74, 6) is -0.899. The first kappa shape index (κ1) is 13.4. The molecule has 98 valence electrons. The van der Waals surface area contributed by atoms with Crippen molar-refractivity contribution in [2.75, 3.05) is 19.8 Å². The number of hydrogen-bond donors (Lipinski definition) is 1. The fraction of sp³-hybridized carbons (Fsp3) is 0.462. The van der Waals surface area contributed by atoms with Gasteiger partial charge >= 0.3 is 5.97 Å². The molecule has 18 heavy (non-hydrogen) atoms. The predicted molar refractivity (Wildman–Crippen MR) is 67.5 cm³/mol. The summed E-state index contributed by atoms with van der Waals surface area (Å²) < 4.78 is 23.8. The number of hydrogen-bond acceptors (Lipinski definition) is 4. The zero-order valence-corrected chi connectivity index (χ0v) is 10.8. The molecule has 1 aromatic rings. The summed E-state index contributed by atoms with van der Waals surface area (Å²) in [6, 6.07) is 4.09. The molecule has 0 N–H and O–H groups in total. The van der Waals surface area contributed by atoms with Gasteiger partial charge in [-0.1, -0.05) is 0 Å². The zero-order chi connectivity index (χ0) is 13.0. The summed E-state index contributed by atoms with van der Waals surface area (Å²) in [5.41, 5.74) is -0.0606. The smallest absolute Gasteiger partial charge is 0.341 e. The van der Waals surface area contributed by atoms with E-state index in [1.165, 1.54) is 18.2 Å². The van der Waals surface area contributed by atoms with Gasteiger partial charge in [-0.25, -0.2) is 9.18 Å². The second-order valence-electron chi connectivity index (χ2n) is 4.32. The van der Waals surface area contributed by atoms with E-state index in [2.05, 4.69) is 12.6 Å². The van der Waals surface area contributed by atoms with Crippen molar-refractivity contribution in [1.82, 2.24) is 0 Å². The Balaban J connectivity index is 1.92. The molecule has 0 spiro atoms. The topological polar surface area (TPSA) is 35.5 Å². The molecular weight excluding hydrogens is 255 g/mol. The molecule has 0 amide bonds. The number of benzene rings is 1. The van der Waals surface area contributed by atoms with E-state index < -0.39 is 11.8 Å². The largest absolute Gasteiger partial charge is 0.462 e. The highest BCUT2D eigenvalue weighted by Crippen LogP contribution is 2.18. The van der Waals surface area contributed by atoms with Crippen molar-refractivity contribution in [3.8, 4) is 0 Å². The molecule has 1 aromatic carbocycles. The van der Waals surface area contributed by atoms with Crippen molar-refractivity contribution >= 4 is 18.6 Å². The SMILES string of the molecule is O=C(OCC1CCOCC1)c1cc(S)ccc1F. The van der Waals surface area contributed by atoms with Gasteiger partial charge in [0.25, 0.3) is 0 Å². The molecule has 0 aromatic heterocycles. The molecule has 0 atom stereocenters. The second kappa shape index (κ2) is 6.20. The lowest BCUT2D eigenvalue weighted by molar-refractivity contribution is 0.0182. The average Bonchev–Trinajstić information content (AvgIpc) is 2.40. The number of halogens is 1. The molecule has 0 saturated carbocycles. The molecule has 1 heterocycles. The van der Waals surface area contributed by atoms with E-state index in [0.717, 1.165) is 12.8 Å². The number of thiol groups is 1. The zero-order valence-electron chi connectivity index (χ0n) is 9.89. The van der Waals surface area contributed by atoms with E-state index >= 15 is 0 Å². The van der Waals surface area contributed by atoms with Crippen LogP contribution in [0.25, 0.3) is 0 Å². The minimum atomic E-state index is -0.630. The minimum absolute atomic E-state index is 0.0606. The Morgan fingerprint density at radius 2 is 2.17 bits per heavy atom. The predicted octanol–water partition coefficient (Wildman–Crippen LogP) is 2.70. The summed E-state index contributed by atoms with van der Waals surface area (Å²) in [6.45, 7) is 1.71. The van der Waals surface area contributed by atoms with Gasteiger partial charge in [0.05, 0.1) is 12.2 Å². The van der Waals surface area contributed by atoms with Crippen LogP contribution in [0.2, 0.25) is 0 Å². The monoisotopic (exact) mass is 270 g/mol. The molecule has 0 unspecified atom stereocenters. The van der Waals surface area contributed by atoms with Crippen molar-refractivity contribution in [2.24, 2.45) is 5.92 Å². The first-order valence-corrected chi connectivity index (χ1v) is 6.35. The number of ether oxygens (including phenoxy) is 2. The molecule has 1 saturated heterocycles. The van der Waals surface area contributed by atoms with E-state index in [9.17, 15) is 9.18 Å². The molecule has 3 nitrogen and oxygen atoms in total. The second-order valence-corrected chi connectivity index (χ2v) is 4.83. The Morgan fingerprint density at radius 1 is 1.44 bits per heavy atom. The number of esters is 1. The average molecular weight is 270 g/mol. The third kappa shape index (κ3) is 3.46. The van der Waals surface area contributed by atoms with Crippen molar-refractivity contribution in [3.05, 3.63) is 29.6 Å². The van der Waals surface area contributed by atoms with Crippen LogP contribution in [-0.4, -0.2) is 25.8 Å². The molecule has 5 heteroatoms. The van der Waals surface area contributed by atoms with E-state index in [0.29, 0.717) is 30.6 Å². The van der Waals surface area contributed by atoms with Crippen molar-refractivity contribution in [1.29, 1.82) is 0 Å². The van der Waals surface area contributed by atoms with Gasteiger partial charge in [0, 0.05) is 18.1 Å². The normalized spacial score (nSPS) is 16.6. The van der Waals surface area contributed by atoms with Crippen LogP contribution in [0.15, 0.2) is 23.1 Å².